The van der Waals surface area contributed by atoms with Crippen LogP contribution in [0.5, 0.6) is 0 Å². The van der Waals surface area contributed by atoms with Crippen LogP contribution in [0, 0.1) is 5.92 Å². The molecule has 84 valence electrons. The Labute approximate surface area is 89.1 Å². The Kier molecular flexibility index (Phi) is 4.90. The third-order valence-electron chi connectivity index (χ3n) is 3.87. The molecule has 1 aliphatic rings. The van der Waals surface area contributed by atoms with Gasteiger partial charge in [-0.2, -0.15) is 0 Å². The minimum absolute atomic E-state index is 0.668. The molecular weight excluding hydrogens is 172 g/mol. The summed E-state index contributed by atoms with van der Waals surface area (Å²) in [5.74, 6) is 0.850. The molecule has 0 spiro atoms. The van der Waals surface area contributed by atoms with Crippen molar-refractivity contribution in [3.63, 3.8) is 0 Å². The Balaban J connectivity index is 2.43. The van der Waals surface area contributed by atoms with Gasteiger partial charge in [-0.1, -0.05) is 6.92 Å². The van der Waals surface area contributed by atoms with Crippen molar-refractivity contribution in [2.75, 3.05) is 20.1 Å². The topological polar surface area (TPSA) is 15.3 Å². The summed E-state index contributed by atoms with van der Waals surface area (Å²) in [7, 11) is 2.08. The lowest BCUT2D eigenvalue weighted by Gasteiger charge is -2.38. The van der Waals surface area contributed by atoms with Crippen molar-refractivity contribution in [1.82, 2.24) is 10.2 Å². The van der Waals surface area contributed by atoms with Gasteiger partial charge >= 0.3 is 0 Å². The summed E-state index contributed by atoms with van der Waals surface area (Å²) in [6, 6.07) is 1.43. The van der Waals surface area contributed by atoms with E-state index < -0.39 is 0 Å². The number of nitrogens with one attached hydrogen (secondary N) is 1. The van der Waals surface area contributed by atoms with E-state index in [9.17, 15) is 0 Å². The van der Waals surface area contributed by atoms with Gasteiger partial charge in [0.1, 0.15) is 0 Å². The van der Waals surface area contributed by atoms with E-state index in [0.29, 0.717) is 6.04 Å². The molecule has 1 saturated heterocycles. The number of piperidine rings is 1. The summed E-state index contributed by atoms with van der Waals surface area (Å²) in [6.45, 7) is 9.55. The van der Waals surface area contributed by atoms with Gasteiger partial charge in [0.15, 0.2) is 0 Å². The highest BCUT2D eigenvalue weighted by atomic mass is 15.2. The predicted octanol–water partition coefficient (Wildman–Crippen LogP) is 2.10. The van der Waals surface area contributed by atoms with Crippen molar-refractivity contribution < 1.29 is 0 Å². The van der Waals surface area contributed by atoms with Gasteiger partial charge in [-0.15, -0.1) is 0 Å². The van der Waals surface area contributed by atoms with Gasteiger partial charge in [0.25, 0.3) is 0 Å². The van der Waals surface area contributed by atoms with Crippen LogP contribution in [0.1, 0.15) is 40.0 Å². The largest absolute Gasteiger partial charge is 0.317 e. The Morgan fingerprint density at radius 1 is 1.43 bits per heavy atom. The molecule has 0 aromatic rings. The molecule has 14 heavy (non-hydrogen) atoms. The van der Waals surface area contributed by atoms with Crippen molar-refractivity contribution >= 4 is 0 Å². The second kappa shape index (κ2) is 5.72. The van der Waals surface area contributed by atoms with Crippen LogP contribution in [0.25, 0.3) is 0 Å². The first-order valence-electron chi connectivity index (χ1n) is 6.10. The van der Waals surface area contributed by atoms with Crippen LogP contribution >= 0.6 is 0 Å². The first-order valence-corrected chi connectivity index (χ1v) is 6.10. The molecule has 1 heterocycles. The molecule has 3 atom stereocenters. The highest BCUT2D eigenvalue weighted by Gasteiger charge is 2.25. The van der Waals surface area contributed by atoms with Crippen molar-refractivity contribution in [3.05, 3.63) is 0 Å². The third-order valence-corrected chi connectivity index (χ3v) is 3.87. The van der Waals surface area contributed by atoms with Gasteiger partial charge in [-0.25, -0.2) is 0 Å². The summed E-state index contributed by atoms with van der Waals surface area (Å²) in [5, 5.41) is 3.39. The summed E-state index contributed by atoms with van der Waals surface area (Å²) >= 11 is 0. The first-order chi connectivity index (χ1) is 6.69. The van der Waals surface area contributed by atoms with Crippen LogP contribution in [0.4, 0.5) is 0 Å². The zero-order valence-corrected chi connectivity index (χ0v) is 10.2. The van der Waals surface area contributed by atoms with Crippen LogP contribution in [-0.4, -0.2) is 37.1 Å². The van der Waals surface area contributed by atoms with Gasteiger partial charge < -0.3 is 10.2 Å². The summed E-state index contributed by atoms with van der Waals surface area (Å²) in [6.07, 6.45) is 4.05. The van der Waals surface area contributed by atoms with E-state index in [1.54, 1.807) is 0 Å². The third kappa shape index (κ3) is 2.96. The molecule has 0 aliphatic carbocycles. The van der Waals surface area contributed by atoms with Crippen LogP contribution < -0.4 is 5.32 Å². The molecule has 2 heteroatoms. The summed E-state index contributed by atoms with van der Waals surface area (Å²) in [5.41, 5.74) is 0. The maximum Gasteiger partial charge on any atom is 0.00762 e. The lowest BCUT2D eigenvalue weighted by molar-refractivity contribution is 0.114. The van der Waals surface area contributed by atoms with E-state index in [1.807, 2.05) is 0 Å². The van der Waals surface area contributed by atoms with Gasteiger partial charge in [0.2, 0.25) is 0 Å². The number of rotatable bonds is 4. The fourth-order valence-corrected chi connectivity index (χ4v) is 2.34. The fourth-order valence-electron chi connectivity index (χ4n) is 2.34. The van der Waals surface area contributed by atoms with E-state index in [2.05, 4.69) is 38.0 Å². The molecule has 0 aromatic carbocycles. The number of nitrogens with zero attached hydrogens (tertiary/aromatic N) is 1. The Morgan fingerprint density at radius 2 is 2.14 bits per heavy atom. The SMILES string of the molecule is CCC(C)N1CCCC(C(C)NC)C1. The lowest BCUT2D eigenvalue weighted by atomic mass is 9.91. The molecule has 1 rings (SSSR count). The van der Waals surface area contributed by atoms with E-state index in [4.69, 9.17) is 0 Å². The highest BCUT2D eigenvalue weighted by Crippen LogP contribution is 2.21. The Morgan fingerprint density at radius 3 is 2.71 bits per heavy atom. The fraction of sp³-hybridized carbons (Fsp3) is 1.00. The summed E-state index contributed by atoms with van der Waals surface area (Å²) < 4.78 is 0. The van der Waals surface area contributed by atoms with E-state index in [1.165, 1.54) is 32.4 Å². The zero-order chi connectivity index (χ0) is 10.6. The van der Waals surface area contributed by atoms with Crippen molar-refractivity contribution in [1.29, 1.82) is 0 Å². The quantitative estimate of drug-likeness (QED) is 0.744. The van der Waals surface area contributed by atoms with Crippen LogP contribution in [-0.2, 0) is 0 Å². The molecule has 1 N–H and O–H groups in total. The molecule has 0 saturated carbocycles. The molecule has 1 aliphatic heterocycles. The minimum atomic E-state index is 0.668. The average molecular weight is 198 g/mol. The van der Waals surface area contributed by atoms with Gasteiger partial charge in [0, 0.05) is 18.6 Å². The smallest absolute Gasteiger partial charge is 0.00762 e. The van der Waals surface area contributed by atoms with Crippen LogP contribution in [0.15, 0.2) is 0 Å². The molecule has 0 radical (unpaired) electrons. The van der Waals surface area contributed by atoms with Gasteiger partial charge in [-0.3, -0.25) is 0 Å². The maximum absolute atomic E-state index is 3.39. The highest BCUT2D eigenvalue weighted by molar-refractivity contribution is 4.81. The maximum atomic E-state index is 3.39. The van der Waals surface area contributed by atoms with E-state index in [0.717, 1.165) is 12.0 Å². The first kappa shape index (κ1) is 12.0. The molecular formula is C12H26N2. The van der Waals surface area contributed by atoms with Crippen LogP contribution in [0.2, 0.25) is 0 Å². The lowest BCUT2D eigenvalue weighted by Crippen LogP contribution is -2.46. The normalized spacial score (nSPS) is 28.7. The van der Waals surface area contributed by atoms with Crippen molar-refractivity contribution in [3.8, 4) is 0 Å². The van der Waals surface area contributed by atoms with Crippen molar-refractivity contribution in [2.45, 2.75) is 52.1 Å². The number of likely N-dealkylation sites (tertiary alicyclic amines) is 1. The Hall–Kier alpha value is -0.0800. The monoisotopic (exact) mass is 198 g/mol. The zero-order valence-electron chi connectivity index (χ0n) is 10.2. The molecule has 0 amide bonds. The Bertz CT molecular complexity index is 142. The molecule has 1 fully saturated rings. The van der Waals surface area contributed by atoms with Gasteiger partial charge in [-0.05, 0) is 52.6 Å². The predicted molar refractivity (Wildman–Crippen MR) is 62.6 cm³/mol. The molecule has 0 bridgehead atoms. The number of hydrogen-bond donors (Lipinski definition) is 1. The molecule has 3 unspecified atom stereocenters. The van der Waals surface area contributed by atoms with E-state index >= 15 is 0 Å². The molecule has 2 nitrogen and oxygen atoms in total. The van der Waals surface area contributed by atoms with Gasteiger partial charge in [0.05, 0.1) is 0 Å². The van der Waals surface area contributed by atoms with Crippen molar-refractivity contribution in [2.24, 2.45) is 5.92 Å². The second-order valence-electron chi connectivity index (χ2n) is 4.73. The molecule has 0 aromatic heterocycles. The minimum Gasteiger partial charge on any atom is -0.317 e. The van der Waals surface area contributed by atoms with E-state index in [-0.39, 0.29) is 0 Å². The standard InChI is InChI=1S/C12H26N2/c1-5-10(2)14-8-6-7-12(9-14)11(3)13-4/h10-13H,5-9H2,1-4H3. The van der Waals surface area contributed by atoms with Crippen LogP contribution in [0.3, 0.4) is 0 Å². The summed E-state index contributed by atoms with van der Waals surface area (Å²) in [4.78, 5) is 2.65. The average Bonchev–Trinajstić information content (AvgIpc) is 2.27. The second-order valence-corrected chi connectivity index (χ2v) is 4.73. The number of hydrogen-bond acceptors (Lipinski definition) is 2.